The molecule has 1 aromatic rings. The summed E-state index contributed by atoms with van der Waals surface area (Å²) in [6.07, 6.45) is 10.8. The van der Waals surface area contributed by atoms with Crippen molar-refractivity contribution in [3.8, 4) is 5.75 Å². The van der Waals surface area contributed by atoms with Gasteiger partial charge in [0.05, 0.1) is 7.11 Å². The fourth-order valence-electron chi connectivity index (χ4n) is 3.82. The van der Waals surface area contributed by atoms with E-state index in [1.807, 2.05) is 6.08 Å². The highest BCUT2D eigenvalue weighted by Gasteiger charge is 2.41. The minimum absolute atomic E-state index is 0.0281. The second-order valence-electron chi connectivity index (χ2n) is 6.01. The highest BCUT2D eigenvalue weighted by molar-refractivity contribution is 5.92. The first kappa shape index (κ1) is 14.1. The van der Waals surface area contributed by atoms with Crippen molar-refractivity contribution in [1.82, 2.24) is 0 Å². The van der Waals surface area contributed by atoms with E-state index in [0.29, 0.717) is 6.42 Å². The smallest absolute Gasteiger partial charge is 0.155 e. The van der Waals surface area contributed by atoms with Crippen LogP contribution in [-0.4, -0.2) is 12.9 Å². The topological polar surface area (TPSA) is 26.3 Å². The van der Waals surface area contributed by atoms with Gasteiger partial charge in [-0.05, 0) is 61.9 Å². The van der Waals surface area contributed by atoms with Gasteiger partial charge in [-0.25, -0.2) is 0 Å². The number of hydrogen-bond donors (Lipinski definition) is 0. The summed E-state index contributed by atoms with van der Waals surface area (Å²) in [5, 5.41) is 0. The van der Waals surface area contributed by atoms with Gasteiger partial charge in [0, 0.05) is 11.8 Å². The number of carbonyl (C=O) groups excluding carboxylic acids is 1. The molecule has 2 aliphatic rings. The Balaban J connectivity index is 2.14. The van der Waals surface area contributed by atoms with Crippen molar-refractivity contribution in [2.75, 3.05) is 7.11 Å². The largest absolute Gasteiger partial charge is 0.497 e. The van der Waals surface area contributed by atoms with Gasteiger partial charge in [-0.2, -0.15) is 0 Å². The van der Waals surface area contributed by atoms with Gasteiger partial charge in [0.15, 0.2) is 5.78 Å². The summed E-state index contributed by atoms with van der Waals surface area (Å²) >= 11 is 0. The van der Waals surface area contributed by atoms with E-state index >= 15 is 0 Å². The normalized spacial score (nSPS) is 24.5. The zero-order chi connectivity index (χ0) is 14.9. The number of ether oxygens (including phenoxy) is 1. The van der Waals surface area contributed by atoms with Gasteiger partial charge in [-0.3, -0.25) is 4.79 Å². The maximum absolute atomic E-state index is 11.8. The number of hydrogen-bond acceptors (Lipinski definition) is 2. The van der Waals surface area contributed by atoms with Crippen molar-refractivity contribution < 1.29 is 9.53 Å². The molecular weight excluding hydrogens is 260 g/mol. The summed E-state index contributed by atoms with van der Waals surface area (Å²) in [5.41, 5.74) is 4.13. The van der Waals surface area contributed by atoms with Crippen molar-refractivity contribution in [2.24, 2.45) is 0 Å². The predicted molar refractivity (Wildman–Crippen MR) is 84.7 cm³/mol. The van der Waals surface area contributed by atoms with E-state index in [1.165, 1.54) is 16.7 Å². The van der Waals surface area contributed by atoms with E-state index in [1.54, 1.807) is 7.11 Å². The molecule has 0 amide bonds. The zero-order valence-corrected chi connectivity index (χ0v) is 12.8. The van der Waals surface area contributed by atoms with Gasteiger partial charge >= 0.3 is 0 Å². The first-order valence-electron chi connectivity index (χ1n) is 7.72. The van der Waals surface area contributed by atoms with Crippen LogP contribution < -0.4 is 4.74 Å². The molecule has 0 unspecified atom stereocenters. The molecule has 1 aromatic carbocycles. The highest BCUT2D eigenvalue weighted by Crippen LogP contribution is 2.49. The van der Waals surface area contributed by atoms with Crippen molar-refractivity contribution in [3.05, 3.63) is 53.1 Å². The van der Waals surface area contributed by atoms with Crippen LogP contribution in [0.4, 0.5) is 0 Å². The van der Waals surface area contributed by atoms with Crippen LogP contribution in [0.5, 0.6) is 5.75 Å². The average molecular weight is 282 g/mol. The maximum atomic E-state index is 11.8. The van der Waals surface area contributed by atoms with E-state index in [-0.39, 0.29) is 11.2 Å². The summed E-state index contributed by atoms with van der Waals surface area (Å²) in [6, 6.07) is 6.43. The second-order valence-corrected chi connectivity index (χ2v) is 6.01. The molecule has 21 heavy (non-hydrogen) atoms. The minimum Gasteiger partial charge on any atom is -0.497 e. The molecule has 0 heterocycles. The lowest BCUT2D eigenvalue weighted by atomic mass is 9.60. The number of allylic oxidation sites excluding steroid dienone is 4. The van der Waals surface area contributed by atoms with Crippen molar-refractivity contribution in [2.45, 2.75) is 44.4 Å². The molecule has 2 aliphatic carbocycles. The standard InChI is InChI=1S/C19H22O2/c1-3-4-10-19-11-9-16(20)13-15(19)6-5-14-12-17(21-2)7-8-18(14)19/h3-4,7-8,12-13H,5-6,9-11H2,1-2H3/t19-/m1/s1. The molecule has 0 saturated carbocycles. The molecule has 0 spiro atoms. The van der Waals surface area contributed by atoms with E-state index in [0.717, 1.165) is 31.4 Å². The van der Waals surface area contributed by atoms with Crippen LogP contribution in [0.1, 0.15) is 43.7 Å². The number of ketones is 1. The molecule has 0 radical (unpaired) electrons. The summed E-state index contributed by atoms with van der Waals surface area (Å²) in [7, 11) is 1.71. The monoisotopic (exact) mass is 282 g/mol. The molecule has 0 saturated heterocycles. The van der Waals surface area contributed by atoms with Gasteiger partial charge in [-0.1, -0.05) is 23.8 Å². The highest BCUT2D eigenvalue weighted by atomic mass is 16.5. The Morgan fingerprint density at radius 3 is 2.90 bits per heavy atom. The van der Waals surface area contributed by atoms with Crippen LogP contribution >= 0.6 is 0 Å². The van der Waals surface area contributed by atoms with Gasteiger partial charge in [0.1, 0.15) is 5.75 Å². The number of methoxy groups -OCH3 is 1. The Morgan fingerprint density at radius 2 is 2.14 bits per heavy atom. The third-order valence-electron chi connectivity index (χ3n) is 4.94. The van der Waals surface area contributed by atoms with Crippen molar-refractivity contribution in [3.63, 3.8) is 0 Å². The number of benzene rings is 1. The molecule has 2 nitrogen and oxygen atoms in total. The molecule has 0 fully saturated rings. The summed E-state index contributed by atoms with van der Waals surface area (Å²) in [5.74, 6) is 1.22. The van der Waals surface area contributed by atoms with Gasteiger partial charge in [0.25, 0.3) is 0 Å². The Labute approximate surface area is 126 Å². The lowest BCUT2D eigenvalue weighted by Gasteiger charge is -2.43. The molecule has 0 aromatic heterocycles. The number of fused-ring (bicyclic) bond motifs is 3. The molecule has 2 heteroatoms. The third kappa shape index (κ3) is 2.33. The Morgan fingerprint density at radius 1 is 1.29 bits per heavy atom. The zero-order valence-electron chi connectivity index (χ0n) is 12.8. The molecule has 1 atom stereocenters. The number of carbonyl (C=O) groups is 1. The van der Waals surface area contributed by atoms with Gasteiger partial charge < -0.3 is 4.74 Å². The van der Waals surface area contributed by atoms with Gasteiger partial charge in [0.2, 0.25) is 0 Å². The van der Waals surface area contributed by atoms with E-state index in [2.05, 4.69) is 37.3 Å². The van der Waals surface area contributed by atoms with Crippen molar-refractivity contribution >= 4 is 5.78 Å². The number of aryl methyl sites for hydroxylation is 1. The number of rotatable bonds is 3. The fraction of sp³-hybridized carbons (Fsp3) is 0.421. The van der Waals surface area contributed by atoms with E-state index in [4.69, 9.17) is 4.74 Å². The van der Waals surface area contributed by atoms with Crippen LogP contribution in [0.15, 0.2) is 42.0 Å². The summed E-state index contributed by atoms with van der Waals surface area (Å²) in [6.45, 7) is 2.06. The SMILES string of the molecule is CC=CC[C@@]12CCC(=O)C=C1CCc1cc(OC)ccc12. The lowest BCUT2D eigenvalue weighted by molar-refractivity contribution is -0.115. The minimum atomic E-state index is 0.0281. The molecule has 0 bridgehead atoms. The van der Waals surface area contributed by atoms with Crippen molar-refractivity contribution in [1.29, 1.82) is 0 Å². The van der Waals surface area contributed by atoms with Crippen LogP contribution in [-0.2, 0) is 16.6 Å². The molecule has 0 N–H and O–H groups in total. The molecular formula is C19H22O2. The van der Waals surface area contributed by atoms with Crippen LogP contribution in [0, 0.1) is 0 Å². The molecule has 3 rings (SSSR count). The van der Waals surface area contributed by atoms with Crippen LogP contribution in [0.25, 0.3) is 0 Å². The Kier molecular flexibility index (Phi) is 3.71. The fourth-order valence-corrected chi connectivity index (χ4v) is 3.82. The first-order chi connectivity index (χ1) is 10.2. The third-order valence-corrected chi connectivity index (χ3v) is 4.94. The second kappa shape index (κ2) is 5.51. The van der Waals surface area contributed by atoms with Crippen LogP contribution in [0.2, 0.25) is 0 Å². The van der Waals surface area contributed by atoms with Crippen LogP contribution in [0.3, 0.4) is 0 Å². The Bertz CT molecular complexity index is 624. The Hall–Kier alpha value is -1.83. The molecule has 110 valence electrons. The quantitative estimate of drug-likeness (QED) is 0.779. The predicted octanol–water partition coefficient (Wildman–Crippen LogP) is 4.13. The van der Waals surface area contributed by atoms with E-state index in [9.17, 15) is 4.79 Å². The van der Waals surface area contributed by atoms with Gasteiger partial charge in [-0.15, -0.1) is 0 Å². The van der Waals surface area contributed by atoms with E-state index < -0.39 is 0 Å². The lowest BCUT2D eigenvalue weighted by Crippen LogP contribution is -2.36. The first-order valence-corrected chi connectivity index (χ1v) is 7.72. The summed E-state index contributed by atoms with van der Waals surface area (Å²) < 4.78 is 5.36. The summed E-state index contributed by atoms with van der Waals surface area (Å²) in [4.78, 5) is 11.8. The average Bonchev–Trinajstić information content (AvgIpc) is 2.52. The molecule has 0 aliphatic heterocycles. The maximum Gasteiger partial charge on any atom is 0.155 e.